The maximum atomic E-state index is 13.6. The number of hydrogen-bond acceptors (Lipinski definition) is 17. The van der Waals surface area contributed by atoms with E-state index in [2.05, 4.69) is 32.9 Å². The maximum absolute atomic E-state index is 13.6. The number of carbonyl (C=O) groups excluding carboxylic acids is 9. The molecule has 0 aromatic heterocycles. The Balaban J connectivity index is 1.69. The standard InChI is InChI=1S/C47H38O17/c1-22(2)40(49)59-34-18-30(19-35(60-41(50)23(3)4)38(34)63-44(53)26(9)10)46(55)57-32-14-12-29-17-33(15-13-28(29)16-32)58-47(56)31-20-36(61-42(51)24(5)6)39(64-45(54)27(11)48)37(21-31)62-43(52)25(7)8/h12-21H,1,3,5,7,9H2,2,4,6,8,10-11H3. The first-order chi connectivity index (χ1) is 29.9. The zero-order chi connectivity index (χ0) is 47.7. The van der Waals surface area contributed by atoms with Crippen LogP contribution in [0.4, 0.5) is 0 Å². The van der Waals surface area contributed by atoms with Crippen LogP contribution in [0.15, 0.2) is 121 Å². The molecule has 0 aliphatic carbocycles. The fourth-order valence-corrected chi connectivity index (χ4v) is 4.65. The number of esters is 8. The van der Waals surface area contributed by atoms with Gasteiger partial charge in [-0.05, 0) is 93.9 Å². The second kappa shape index (κ2) is 20.2. The third-order valence-corrected chi connectivity index (χ3v) is 7.95. The molecule has 328 valence electrons. The Morgan fingerprint density at radius 1 is 0.344 bits per heavy atom. The van der Waals surface area contributed by atoms with Crippen LogP contribution < -0.4 is 37.9 Å². The number of ketones is 1. The van der Waals surface area contributed by atoms with Crippen molar-refractivity contribution < 1.29 is 81.0 Å². The first kappa shape index (κ1) is 47.9. The molecule has 0 heterocycles. The van der Waals surface area contributed by atoms with Crippen LogP contribution >= 0.6 is 0 Å². The van der Waals surface area contributed by atoms with Crippen molar-refractivity contribution in [2.75, 3.05) is 0 Å². The average Bonchev–Trinajstić information content (AvgIpc) is 3.22. The van der Waals surface area contributed by atoms with E-state index in [9.17, 15) is 43.2 Å². The van der Waals surface area contributed by atoms with Crippen molar-refractivity contribution in [3.8, 4) is 46.0 Å². The van der Waals surface area contributed by atoms with Crippen molar-refractivity contribution in [3.63, 3.8) is 0 Å². The van der Waals surface area contributed by atoms with Crippen LogP contribution in [0, 0.1) is 0 Å². The lowest BCUT2D eigenvalue weighted by atomic mass is 10.1. The monoisotopic (exact) mass is 874 g/mol. The predicted molar refractivity (Wildman–Crippen MR) is 225 cm³/mol. The van der Waals surface area contributed by atoms with Gasteiger partial charge in [0.2, 0.25) is 17.3 Å². The van der Waals surface area contributed by atoms with E-state index in [1.54, 1.807) is 0 Å². The molecule has 4 aromatic rings. The number of benzene rings is 4. The van der Waals surface area contributed by atoms with E-state index in [4.69, 9.17) is 37.9 Å². The van der Waals surface area contributed by atoms with Crippen molar-refractivity contribution in [1.29, 1.82) is 0 Å². The van der Waals surface area contributed by atoms with Crippen molar-refractivity contribution in [2.45, 2.75) is 41.5 Å². The first-order valence-corrected chi connectivity index (χ1v) is 18.4. The lowest BCUT2D eigenvalue weighted by molar-refractivity contribution is -0.146. The van der Waals surface area contributed by atoms with Crippen molar-refractivity contribution in [3.05, 3.63) is 133 Å². The number of rotatable bonds is 16. The molecule has 17 heteroatoms. The van der Waals surface area contributed by atoms with E-state index in [0.29, 0.717) is 10.8 Å². The highest BCUT2D eigenvalue weighted by atomic mass is 16.6. The smallest absolute Gasteiger partial charge is 0.379 e. The van der Waals surface area contributed by atoms with Gasteiger partial charge in [0.25, 0.3) is 0 Å². The molecule has 0 amide bonds. The van der Waals surface area contributed by atoms with Gasteiger partial charge in [0.05, 0.1) is 11.1 Å². The van der Waals surface area contributed by atoms with Crippen LogP contribution in [-0.4, -0.2) is 53.5 Å². The zero-order valence-electron chi connectivity index (χ0n) is 35.2. The van der Waals surface area contributed by atoms with Gasteiger partial charge in [-0.15, -0.1) is 0 Å². The van der Waals surface area contributed by atoms with Gasteiger partial charge in [-0.2, -0.15) is 0 Å². The van der Waals surface area contributed by atoms with Crippen LogP contribution in [0.3, 0.4) is 0 Å². The normalized spacial score (nSPS) is 10.3. The Labute approximate surface area is 364 Å². The molecule has 0 radical (unpaired) electrons. The summed E-state index contributed by atoms with van der Waals surface area (Å²) in [5.41, 5.74) is -1.06. The number of ether oxygens (including phenoxy) is 8. The molecule has 0 aliphatic heterocycles. The Hall–Kier alpha value is -8.73. The lowest BCUT2D eigenvalue weighted by Gasteiger charge is -2.16. The van der Waals surface area contributed by atoms with Crippen LogP contribution in [0.25, 0.3) is 10.8 Å². The van der Waals surface area contributed by atoms with E-state index in [1.165, 1.54) is 71.0 Å². The summed E-state index contributed by atoms with van der Waals surface area (Å²) in [5, 5.41) is 0.939. The molecule has 0 aliphatic rings. The molecule has 17 nitrogen and oxygen atoms in total. The highest BCUT2D eigenvalue weighted by molar-refractivity contribution is 6.33. The highest BCUT2D eigenvalue weighted by Crippen LogP contribution is 2.42. The number of hydrogen-bond donors (Lipinski definition) is 0. The third-order valence-electron chi connectivity index (χ3n) is 7.95. The Morgan fingerprint density at radius 2 is 0.609 bits per heavy atom. The van der Waals surface area contributed by atoms with Gasteiger partial charge in [-0.3, -0.25) is 4.79 Å². The quantitative estimate of drug-likeness (QED) is 0.0470. The molecule has 4 aromatic carbocycles. The predicted octanol–water partition coefficient (Wildman–Crippen LogP) is 7.18. The molecule has 0 saturated heterocycles. The largest absolute Gasteiger partial charge is 0.423 e. The maximum Gasteiger partial charge on any atom is 0.379 e. The third kappa shape index (κ3) is 12.2. The minimum absolute atomic E-state index is 0.000214. The summed E-state index contributed by atoms with van der Waals surface area (Å²) in [6.07, 6.45) is 0. The summed E-state index contributed by atoms with van der Waals surface area (Å²) < 4.78 is 42.8. The van der Waals surface area contributed by atoms with Gasteiger partial charge in [0, 0.05) is 34.8 Å². The number of Topliss-reactive ketones (excluding diaryl/α,β-unsaturated/α-hetero) is 1. The van der Waals surface area contributed by atoms with Crippen molar-refractivity contribution in [2.24, 2.45) is 0 Å². The summed E-state index contributed by atoms with van der Waals surface area (Å²) in [5.74, 6) is -12.9. The number of fused-ring (bicyclic) bond motifs is 1. The minimum Gasteiger partial charge on any atom is -0.423 e. The topological polar surface area (TPSA) is 227 Å². The molecule has 64 heavy (non-hydrogen) atoms. The zero-order valence-corrected chi connectivity index (χ0v) is 35.2. The summed E-state index contributed by atoms with van der Waals surface area (Å²) >= 11 is 0. The SMILES string of the molecule is C=C(C)C(=O)Oc1cc(C(=O)Oc2ccc3cc(OC(=O)c4cc(OC(=O)C(=C)C)c(OC(=O)C(C)=O)c(OC(=O)C(=C)C)c4)ccc3c2)cc(OC(=O)C(=C)C)c1OC(=O)C(=C)C. The molecule has 0 bridgehead atoms. The molecule has 4 rings (SSSR count). The molecular formula is C47H38O17. The average molecular weight is 875 g/mol. The molecule has 0 spiro atoms. The highest BCUT2D eigenvalue weighted by Gasteiger charge is 2.28. The van der Waals surface area contributed by atoms with E-state index in [1.807, 2.05) is 0 Å². The van der Waals surface area contributed by atoms with Crippen LogP contribution in [0.1, 0.15) is 62.3 Å². The van der Waals surface area contributed by atoms with Crippen LogP contribution in [-0.2, 0) is 33.6 Å². The van der Waals surface area contributed by atoms with Gasteiger partial charge in [0.15, 0.2) is 23.0 Å². The van der Waals surface area contributed by atoms with E-state index >= 15 is 0 Å². The lowest BCUT2D eigenvalue weighted by Crippen LogP contribution is -2.20. The summed E-state index contributed by atoms with van der Waals surface area (Å²) in [6, 6.07) is 12.7. The molecule has 0 unspecified atom stereocenters. The first-order valence-electron chi connectivity index (χ1n) is 18.4. The van der Waals surface area contributed by atoms with Crippen LogP contribution in [0.5, 0.6) is 46.0 Å². The second-order valence-electron chi connectivity index (χ2n) is 13.8. The second-order valence-corrected chi connectivity index (χ2v) is 13.8. The molecule has 0 atom stereocenters. The molecule has 0 N–H and O–H groups in total. The summed E-state index contributed by atoms with van der Waals surface area (Å²) in [4.78, 5) is 114. The Kier molecular flexibility index (Phi) is 15.1. The number of carbonyl (C=O) groups is 9. The van der Waals surface area contributed by atoms with E-state index in [-0.39, 0.29) is 50.5 Å². The van der Waals surface area contributed by atoms with Gasteiger partial charge >= 0.3 is 47.8 Å². The molecule has 0 saturated carbocycles. The molecule has 0 fully saturated rings. The van der Waals surface area contributed by atoms with Crippen molar-refractivity contribution in [1.82, 2.24) is 0 Å². The summed E-state index contributed by atoms with van der Waals surface area (Å²) in [7, 11) is 0. The summed E-state index contributed by atoms with van der Waals surface area (Å²) in [6.45, 7) is 25.1. The Morgan fingerprint density at radius 3 is 0.875 bits per heavy atom. The van der Waals surface area contributed by atoms with Crippen molar-refractivity contribution >= 4 is 64.3 Å². The molecular weight excluding hydrogens is 836 g/mol. The van der Waals surface area contributed by atoms with Gasteiger partial charge in [-0.1, -0.05) is 45.0 Å². The Bertz CT molecular complexity index is 2500. The minimum atomic E-state index is -1.41. The fraction of sp³-hybridized carbons (Fsp3) is 0.128. The van der Waals surface area contributed by atoms with Crippen LogP contribution in [0.2, 0.25) is 0 Å². The van der Waals surface area contributed by atoms with Gasteiger partial charge < -0.3 is 37.9 Å². The van der Waals surface area contributed by atoms with E-state index in [0.717, 1.165) is 31.2 Å². The van der Waals surface area contributed by atoms with Gasteiger partial charge in [0.1, 0.15) is 11.5 Å². The van der Waals surface area contributed by atoms with Gasteiger partial charge in [-0.25, -0.2) is 38.4 Å². The fourth-order valence-electron chi connectivity index (χ4n) is 4.65. The van der Waals surface area contributed by atoms with E-state index < -0.39 is 88.0 Å².